The summed E-state index contributed by atoms with van der Waals surface area (Å²) < 4.78 is 1.51. The second-order valence-electron chi connectivity index (χ2n) is 6.93. The van der Waals surface area contributed by atoms with Gasteiger partial charge < -0.3 is 19.6 Å². The fourth-order valence-corrected chi connectivity index (χ4v) is 3.82. The van der Waals surface area contributed by atoms with Crippen LogP contribution < -0.4 is 10.4 Å². The molecule has 31 heavy (non-hydrogen) atoms. The number of nitrogens with one attached hydrogen (secondary N) is 1. The summed E-state index contributed by atoms with van der Waals surface area (Å²) in [5.41, 5.74) is 0.723. The van der Waals surface area contributed by atoms with Gasteiger partial charge in [-0.1, -0.05) is 18.2 Å². The molecule has 4 aromatic rings. The van der Waals surface area contributed by atoms with Crippen molar-refractivity contribution in [2.45, 2.75) is 0 Å². The molecule has 150 valence electrons. The summed E-state index contributed by atoms with van der Waals surface area (Å²) in [6.07, 6.45) is 3.02. The van der Waals surface area contributed by atoms with Crippen LogP contribution >= 0.6 is 0 Å². The second-order valence-corrected chi connectivity index (χ2v) is 6.93. The zero-order valence-electron chi connectivity index (χ0n) is 15.8. The molecule has 0 atom stereocenters. The quantitative estimate of drug-likeness (QED) is 0.484. The number of hydrogen-bond acceptors (Lipinski definition) is 6. The molecule has 0 unspecified atom stereocenters. The van der Waals surface area contributed by atoms with Crippen LogP contribution in [0.4, 0.5) is 5.69 Å². The molecular weight excluding hydrogens is 398 g/mol. The van der Waals surface area contributed by atoms with Crippen LogP contribution in [0.25, 0.3) is 5.52 Å². The lowest BCUT2D eigenvalue weighted by Gasteiger charge is -2.14. The maximum Gasteiger partial charge on any atom is 0.258 e. The van der Waals surface area contributed by atoms with Crippen molar-refractivity contribution in [3.05, 3.63) is 101 Å². The number of ketones is 2. The van der Waals surface area contributed by atoms with Crippen molar-refractivity contribution in [1.82, 2.24) is 9.38 Å². The number of nitrogens with zero attached hydrogens (tertiary/aromatic N) is 2. The number of fused-ring (bicyclic) bond motifs is 4. The van der Waals surface area contributed by atoms with Crippen LogP contribution in [0.5, 0.6) is 0 Å². The Balaban J connectivity index is 1.69. The first kappa shape index (κ1) is 18.4. The molecule has 0 aliphatic heterocycles. The molecule has 3 heterocycles. The molecule has 1 aliphatic carbocycles. The lowest BCUT2D eigenvalue weighted by molar-refractivity contribution is -0.255. The highest BCUT2D eigenvalue weighted by Gasteiger charge is 2.38. The van der Waals surface area contributed by atoms with Gasteiger partial charge in [-0.15, -0.1) is 0 Å². The molecule has 0 saturated heterocycles. The Morgan fingerprint density at radius 2 is 1.81 bits per heavy atom. The van der Waals surface area contributed by atoms with E-state index in [-0.39, 0.29) is 39.3 Å². The predicted octanol–water partition coefficient (Wildman–Crippen LogP) is 1.73. The Morgan fingerprint density at radius 3 is 2.61 bits per heavy atom. The van der Waals surface area contributed by atoms with Crippen molar-refractivity contribution in [3.8, 4) is 0 Å². The fraction of sp³-hybridized carbons (Fsp3) is 0. The van der Waals surface area contributed by atoms with Gasteiger partial charge in [0.15, 0.2) is 0 Å². The van der Waals surface area contributed by atoms with Crippen molar-refractivity contribution < 1.29 is 24.3 Å². The monoisotopic (exact) mass is 410 g/mol. The van der Waals surface area contributed by atoms with Crippen LogP contribution in [-0.2, 0) is 0 Å². The molecule has 1 aliphatic rings. The van der Waals surface area contributed by atoms with E-state index in [1.54, 1.807) is 30.5 Å². The van der Waals surface area contributed by atoms with Crippen molar-refractivity contribution in [3.63, 3.8) is 0 Å². The lowest BCUT2D eigenvalue weighted by atomic mass is 9.89. The number of carbonyl (C=O) groups excluding carboxylic acids is 4. The molecule has 1 amide bonds. The largest absolute Gasteiger partial charge is 0.545 e. The third-order valence-electron chi connectivity index (χ3n) is 5.14. The van der Waals surface area contributed by atoms with Gasteiger partial charge >= 0.3 is 0 Å². The predicted molar refractivity (Wildman–Crippen MR) is 107 cm³/mol. The van der Waals surface area contributed by atoms with Gasteiger partial charge in [0.25, 0.3) is 5.91 Å². The zero-order valence-corrected chi connectivity index (χ0v) is 15.8. The molecule has 0 bridgehead atoms. The number of benzene rings is 1. The van der Waals surface area contributed by atoms with E-state index >= 15 is 0 Å². The molecule has 3 aromatic heterocycles. The third-order valence-corrected chi connectivity index (χ3v) is 5.14. The number of amides is 1. The van der Waals surface area contributed by atoms with Gasteiger partial charge in [-0.25, -0.2) is 0 Å². The third kappa shape index (κ3) is 2.73. The Hall–Kier alpha value is -4.59. The van der Waals surface area contributed by atoms with E-state index in [0.29, 0.717) is 5.52 Å². The maximum absolute atomic E-state index is 13.3. The molecule has 5 rings (SSSR count). The average molecular weight is 410 g/mol. The first-order chi connectivity index (χ1) is 15.0. The topological polar surface area (TPSA) is 121 Å². The Labute approximate surface area is 174 Å². The molecule has 1 N–H and O–H groups in total. The summed E-state index contributed by atoms with van der Waals surface area (Å²) >= 11 is 0. The van der Waals surface area contributed by atoms with E-state index in [0.717, 1.165) is 0 Å². The molecule has 8 heteroatoms. The number of carbonyl (C=O) groups is 4. The van der Waals surface area contributed by atoms with Crippen LogP contribution in [0.1, 0.15) is 52.8 Å². The number of rotatable bonds is 3. The SMILES string of the molecule is O=C([O-])c1cccc(NC(=O)c2c3c(n4ccccc24)C(=O)c2cccnc2C3=O)c1. The highest BCUT2D eigenvalue weighted by Crippen LogP contribution is 2.33. The number of pyridine rings is 2. The van der Waals surface area contributed by atoms with E-state index in [9.17, 15) is 24.3 Å². The number of carboxylic acid groups (broad SMARTS) is 1. The Morgan fingerprint density at radius 1 is 0.968 bits per heavy atom. The van der Waals surface area contributed by atoms with E-state index in [4.69, 9.17) is 0 Å². The fourth-order valence-electron chi connectivity index (χ4n) is 3.82. The standard InChI is InChI=1S/C23H13N3O5/c27-20-14-7-4-9-24-18(14)21(28)17-16(15-8-1-2-10-26(15)19(17)20)22(29)25-13-6-3-5-12(11-13)23(30)31/h1-11H,(H,25,29)(H,30,31)/p-1. The Bertz CT molecular complexity index is 1450. The van der Waals surface area contributed by atoms with Gasteiger partial charge in [-0.05, 0) is 42.0 Å². The van der Waals surface area contributed by atoms with Gasteiger partial charge in [-0.2, -0.15) is 0 Å². The normalized spacial score (nSPS) is 12.4. The number of carboxylic acids is 1. The smallest absolute Gasteiger partial charge is 0.258 e. The minimum atomic E-state index is -1.38. The zero-order chi connectivity index (χ0) is 21.7. The minimum Gasteiger partial charge on any atom is -0.545 e. The molecule has 8 nitrogen and oxygen atoms in total. The number of hydrogen-bond donors (Lipinski definition) is 1. The molecule has 1 aromatic carbocycles. The molecule has 0 radical (unpaired) electrons. The number of aromatic carboxylic acids is 1. The summed E-state index contributed by atoms with van der Waals surface area (Å²) in [6.45, 7) is 0. The summed E-state index contributed by atoms with van der Waals surface area (Å²) in [6, 6.07) is 13.7. The van der Waals surface area contributed by atoms with Gasteiger partial charge in [0.2, 0.25) is 11.6 Å². The van der Waals surface area contributed by atoms with Crippen molar-refractivity contribution in [2.75, 3.05) is 5.32 Å². The van der Waals surface area contributed by atoms with Crippen molar-refractivity contribution >= 4 is 34.6 Å². The van der Waals surface area contributed by atoms with Crippen molar-refractivity contribution in [2.24, 2.45) is 0 Å². The minimum absolute atomic E-state index is 0.0103. The highest BCUT2D eigenvalue weighted by atomic mass is 16.4. The molecule has 0 spiro atoms. The molecular formula is C23H12N3O5-. The summed E-state index contributed by atoms with van der Waals surface area (Å²) in [7, 11) is 0. The summed E-state index contributed by atoms with van der Waals surface area (Å²) in [5.74, 6) is -2.97. The summed E-state index contributed by atoms with van der Waals surface area (Å²) in [4.78, 5) is 54.8. The number of anilines is 1. The first-order valence-electron chi connectivity index (χ1n) is 9.27. The van der Waals surface area contributed by atoms with Gasteiger partial charge in [0.05, 0.1) is 28.2 Å². The van der Waals surface area contributed by atoms with E-state index < -0.39 is 23.4 Å². The van der Waals surface area contributed by atoms with E-state index in [1.165, 1.54) is 40.9 Å². The number of aromatic nitrogens is 2. The molecule has 0 fully saturated rings. The maximum atomic E-state index is 13.3. The average Bonchev–Trinajstić information content (AvgIpc) is 3.13. The van der Waals surface area contributed by atoms with Gasteiger partial charge in [0, 0.05) is 18.1 Å². The summed E-state index contributed by atoms with van der Waals surface area (Å²) in [5, 5.41) is 13.7. The van der Waals surface area contributed by atoms with Gasteiger partial charge in [0.1, 0.15) is 11.4 Å². The second kappa shape index (κ2) is 6.74. The van der Waals surface area contributed by atoms with Gasteiger partial charge in [-0.3, -0.25) is 19.4 Å². The van der Waals surface area contributed by atoms with Crippen LogP contribution in [0.3, 0.4) is 0 Å². The van der Waals surface area contributed by atoms with Crippen LogP contribution in [-0.4, -0.2) is 32.8 Å². The van der Waals surface area contributed by atoms with Crippen LogP contribution in [0.2, 0.25) is 0 Å². The van der Waals surface area contributed by atoms with E-state index in [1.807, 2.05) is 0 Å². The van der Waals surface area contributed by atoms with Crippen LogP contribution in [0.15, 0.2) is 67.0 Å². The van der Waals surface area contributed by atoms with Crippen LogP contribution in [0, 0.1) is 0 Å². The first-order valence-corrected chi connectivity index (χ1v) is 9.27. The molecule has 0 saturated carbocycles. The van der Waals surface area contributed by atoms with Crippen molar-refractivity contribution in [1.29, 1.82) is 0 Å². The Kier molecular flexibility index (Phi) is 4.01. The highest BCUT2D eigenvalue weighted by molar-refractivity contribution is 6.32. The van der Waals surface area contributed by atoms with E-state index in [2.05, 4.69) is 10.3 Å². The lowest BCUT2D eigenvalue weighted by Crippen LogP contribution is -2.25.